The standard InChI is InChI=1S/C31H32N8O3/c1-3-26(40)38-17-16-37(18-22(38)13-14-32)29-27-28(34-31(35-29)42-19-23-10-7-15-36(23)2)30(41)39(20-33-27)25-12-6-9-21-8-4-5-11-24(21)25/h3-6,8-9,11-12,20,22-23H,1,7,10,13,15-19H2,2H3/t22-,23-/m0/s1. The van der Waals surface area contributed by atoms with Gasteiger partial charge in [0.15, 0.2) is 11.3 Å². The first-order chi connectivity index (χ1) is 20.5. The van der Waals surface area contributed by atoms with Crippen LogP contribution in [0.15, 0.2) is 66.2 Å². The van der Waals surface area contributed by atoms with E-state index in [0.29, 0.717) is 43.3 Å². The van der Waals surface area contributed by atoms with Gasteiger partial charge in [-0.1, -0.05) is 43.0 Å². The van der Waals surface area contributed by atoms with Crippen molar-refractivity contribution in [1.29, 1.82) is 5.26 Å². The number of ether oxygens (including phenoxy) is 1. The number of likely N-dealkylation sites (tertiary alicyclic amines) is 1. The van der Waals surface area contributed by atoms with Gasteiger partial charge >= 0.3 is 6.01 Å². The Morgan fingerprint density at radius 3 is 2.74 bits per heavy atom. The molecule has 2 aromatic heterocycles. The number of piperazine rings is 1. The number of amides is 1. The van der Waals surface area contributed by atoms with Gasteiger partial charge in [-0.25, -0.2) is 4.98 Å². The van der Waals surface area contributed by atoms with E-state index in [2.05, 4.69) is 29.6 Å². The maximum atomic E-state index is 14.1. The number of anilines is 1. The van der Waals surface area contributed by atoms with Crippen LogP contribution in [0.2, 0.25) is 0 Å². The van der Waals surface area contributed by atoms with Crippen LogP contribution in [0.25, 0.3) is 27.5 Å². The Kier molecular flexibility index (Phi) is 7.54. The molecule has 4 heterocycles. The first-order valence-electron chi connectivity index (χ1n) is 14.1. The maximum absolute atomic E-state index is 14.1. The summed E-state index contributed by atoms with van der Waals surface area (Å²) in [5.74, 6) is 0.230. The molecule has 42 heavy (non-hydrogen) atoms. The van der Waals surface area contributed by atoms with Gasteiger partial charge < -0.3 is 19.4 Å². The number of hydrogen-bond acceptors (Lipinski definition) is 9. The summed E-state index contributed by atoms with van der Waals surface area (Å²) in [5, 5.41) is 11.4. The molecular weight excluding hydrogens is 532 g/mol. The highest BCUT2D eigenvalue weighted by atomic mass is 16.5. The molecule has 2 aliphatic heterocycles. The molecule has 2 saturated heterocycles. The van der Waals surface area contributed by atoms with Gasteiger partial charge in [-0.2, -0.15) is 15.2 Å². The number of aromatic nitrogens is 4. The molecule has 0 unspecified atom stereocenters. The topological polar surface area (TPSA) is 120 Å². The van der Waals surface area contributed by atoms with Crippen molar-refractivity contribution in [2.45, 2.75) is 31.3 Å². The zero-order chi connectivity index (χ0) is 29.2. The molecule has 0 N–H and O–H groups in total. The third-order valence-electron chi connectivity index (χ3n) is 8.24. The minimum absolute atomic E-state index is 0.105. The highest BCUT2D eigenvalue weighted by Gasteiger charge is 2.32. The predicted molar refractivity (Wildman–Crippen MR) is 160 cm³/mol. The normalized spacial score (nSPS) is 19.2. The molecule has 1 amide bonds. The number of fused-ring (bicyclic) bond motifs is 2. The maximum Gasteiger partial charge on any atom is 0.319 e. The fourth-order valence-corrected chi connectivity index (χ4v) is 5.94. The summed E-state index contributed by atoms with van der Waals surface area (Å²) in [6.45, 7) is 6.17. The fraction of sp³-hybridized carbons (Fsp3) is 0.355. The Morgan fingerprint density at radius 2 is 1.95 bits per heavy atom. The van der Waals surface area contributed by atoms with Crippen LogP contribution in [0.1, 0.15) is 19.3 Å². The van der Waals surface area contributed by atoms with Crippen molar-refractivity contribution in [2.24, 2.45) is 0 Å². The van der Waals surface area contributed by atoms with Gasteiger partial charge in [0.25, 0.3) is 5.56 Å². The van der Waals surface area contributed by atoms with Gasteiger partial charge in [-0.3, -0.25) is 14.2 Å². The van der Waals surface area contributed by atoms with Crippen molar-refractivity contribution < 1.29 is 9.53 Å². The molecule has 0 bridgehead atoms. The smallest absolute Gasteiger partial charge is 0.319 e. The summed E-state index contributed by atoms with van der Waals surface area (Å²) in [7, 11) is 2.07. The second-order valence-corrected chi connectivity index (χ2v) is 10.7. The number of carbonyl (C=O) groups excluding carboxylic acids is 1. The Hall–Kier alpha value is -4.82. The molecule has 0 spiro atoms. The van der Waals surface area contributed by atoms with E-state index in [4.69, 9.17) is 14.7 Å². The van der Waals surface area contributed by atoms with E-state index < -0.39 is 0 Å². The van der Waals surface area contributed by atoms with Gasteiger partial charge in [-0.15, -0.1) is 0 Å². The van der Waals surface area contributed by atoms with Crippen molar-refractivity contribution in [3.63, 3.8) is 0 Å². The van der Waals surface area contributed by atoms with E-state index in [0.717, 1.165) is 30.2 Å². The number of nitriles is 1. The Bertz CT molecular complexity index is 1760. The van der Waals surface area contributed by atoms with Gasteiger partial charge in [0.1, 0.15) is 18.5 Å². The van der Waals surface area contributed by atoms with Crippen LogP contribution in [0, 0.1) is 11.3 Å². The summed E-state index contributed by atoms with van der Waals surface area (Å²) in [6, 6.07) is 15.8. The quantitative estimate of drug-likeness (QED) is 0.312. The van der Waals surface area contributed by atoms with Crippen LogP contribution in [0.4, 0.5) is 5.82 Å². The van der Waals surface area contributed by atoms with Crippen molar-refractivity contribution in [3.8, 4) is 17.8 Å². The minimum Gasteiger partial charge on any atom is -0.462 e. The largest absolute Gasteiger partial charge is 0.462 e. The van der Waals surface area contributed by atoms with Crippen LogP contribution in [-0.4, -0.2) is 87.1 Å². The fourth-order valence-electron chi connectivity index (χ4n) is 5.94. The van der Waals surface area contributed by atoms with E-state index in [1.54, 1.807) is 4.90 Å². The third kappa shape index (κ3) is 5.05. The molecule has 0 radical (unpaired) electrons. The second kappa shape index (κ2) is 11.6. The molecule has 0 saturated carbocycles. The van der Waals surface area contributed by atoms with Crippen LogP contribution in [-0.2, 0) is 4.79 Å². The first-order valence-corrected chi connectivity index (χ1v) is 14.1. The van der Waals surface area contributed by atoms with E-state index in [1.807, 2.05) is 47.4 Å². The summed E-state index contributed by atoms with van der Waals surface area (Å²) < 4.78 is 7.63. The third-order valence-corrected chi connectivity index (χ3v) is 8.24. The number of carbonyl (C=O) groups is 1. The predicted octanol–water partition coefficient (Wildman–Crippen LogP) is 2.92. The molecule has 214 valence electrons. The Labute approximate surface area is 243 Å². The molecule has 2 aromatic carbocycles. The molecule has 4 aromatic rings. The number of benzene rings is 2. The average Bonchev–Trinajstić information content (AvgIpc) is 3.44. The zero-order valence-corrected chi connectivity index (χ0v) is 23.5. The van der Waals surface area contributed by atoms with Crippen LogP contribution in [0.5, 0.6) is 6.01 Å². The number of likely N-dealkylation sites (N-methyl/N-ethyl adjacent to an activating group) is 1. The van der Waals surface area contributed by atoms with E-state index >= 15 is 0 Å². The highest BCUT2D eigenvalue weighted by Crippen LogP contribution is 2.28. The van der Waals surface area contributed by atoms with Crippen molar-refractivity contribution in [1.82, 2.24) is 29.3 Å². The molecule has 6 rings (SSSR count). The van der Waals surface area contributed by atoms with Gasteiger partial charge in [0.2, 0.25) is 5.91 Å². The van der Waals surface area contributed by atoms with Crippen molar-refractivity contribution >= 4 is 33.5 Å². The number of hydrogen-bond donors (Lipinski definition) is 0. The van der Waals surface area contributed by atoms with Gasteiger partial charge in [0, 0.05) is 31.1 Å². The van der Waals surface area contributed by atoms with Crippen LogP contribution in [0.3, 0.4) is 0 Å². The lowest BCUT2D eigenvalue weighted by Gasteiger charge is -2.40. The lowest BCUT2D eigenvalue weighted by Crippen LogP contribution is -2.55. The summed E-state index contributed by atoms with van der Waals surface area (Å²) in [4.78, 5) is 46.5. The monoisotopic (exact) mass is 564 g/mol. The Balaban J connectivity index is 1.45. The molecule has 2 fully saturated rings. The molecule has 11 nitrogen and oxygen atoms in total. The molecule has 0 aliphatic carbocycles. The lowest BCUT2D eigenvalue weighted by atomic mass is 10.1. The lowest BCUT2D eigenvalue weighted by molar-refractivity contribution is -0.128. The Morgan fingerprint density at radius 1 is 1.12 bits per heavy atom. The van der Waals surface area contributed by atoms with E-state index in [-0.39, 0.29) is 41.5 Å². The second-order valence-electron chi connectivity index (χ2n) is 10.7. The molecule has 2 aliphatic rings. The molecule has 2 atom stereocenters. The zero-order valence-electron chi connectivity index (χ0n) is 23.5. The number of rotatable bonds is 7. The summed E-state index contributed by atoms with van der Waals surface area (Å²) >= 11 is 0. The van der Waals surface area contributed by atoms with Crippen molar-refractivity contribution in [3.05, 3.63) is 71.8 Å². The van der Waals surface area contributed by atoms with Crippen molar-refractivity contribution in [2.75, 3.05) is 44.7 Å². The highest BCUT2D eigenvalue weighted by molar-refractivity contribution is 5.91. The molecule has 11 heteroatoms. The summed E-state index contributed by atoms with van der Waals surface area (Å²) in [6.07, 6.45) is 5.04. The average molecular weight is 565 g/mol. The van der Waals surface area contributed by atoms with E-state index in [9.17, 15) is 14.9 Å². The molecular formula is C31H32N8O3. The van der Waals surface area contributed by atoms with Crippen LogP contribution >= 0.6 is 0 Å². The summed E-state index contributed by atoms with van der Waals surface area (Å²) in [5.41, 5.74) is 0.859. The number of nitrogens with zero attached hydrogens (tertiary/aromatic N) is 8. The van der Waals surface area contributed by atoms with Crippen LogP contribution < -0.4 is 15.2 Å². The van der Waals surface area contributed by atoms with Gasteiger partial charge in [-0.05, 0) is 44.0 Å². The minimum atomic E-state index is -0.369. The SMILES string of the molecule is C=CC(=O)N1CCN(c2nc(OC[C@@H]3CCCN3C)nc3c(=O)n(-c4cccc5ccccc45)cnc23)C[C@@H]1CC#N. The van der Waals surface area contributed by atoms with Gasteiger partial charge in [0.05, 0.1) is 24.2 Å². The van der Waals surface area contributed by atoms with E-state index in [1.165, 1.54) is 17.0 Å². The first kappa shape index (κ1) is 27.4.